The number of halogens is 1. The number of nitrogens with two attached hydrogens (primary N) is 2. The molecule has 0 aromatic carbocycles. The topological polar surface area (TPSA) is 146 Å². The molecule has 13 heteroatoms. The van der Waals surface area contributed by atoms with E-state index in [-0.39, 0.29) is 23.0 Å². The molecular weight excluding hydrogens is 567 g/mol. The molecule has 43 heavy (non-hydrogen) atoms. The van der Waals surface area contributed by atoms with Crippen molar-refractivity contribution in [1.82, 2.24) is 24.8 Å². The van der Waals surface area contributed by atoms with E-state index in [1.807, 2.05) is 19.1 Å². The lowest BCUT2D eigenvalue weighted by Gasteiger charge is -2.48. The highest BCUT2D eigenvalue weighted by atomic mass is 32.1. The first-order valence-corrected chi connectivity index (χ1v) is 15.9. The van der Waals surface area contributed by atoms with E-state index >= 15 is 0 Å². The third-order valence-electron chi connectivity index (χ3n) is 9.96. The van der Waals surface area contributed by atoms with Crippen molar-refractivity contribution >= 4 is 34.1 Å². The molecule has 1 spiro atoms. The molecule has 0 bridgehead atoms. The third kappa shape index (κ3) is 4.53. The van der Waals surface area contributed by atoms with Crippen LogP contribution in [0.5, 0.6) is 6.01 Å². The summed E-state index contributed by atoms with van der Waals surface area (Å²) in [6, 6.07) is 6.26. The molecule has 4 aliphatic rings. The number of anilines is 4. The van der Waals surface area contributed by atoms with E-state index < -0.39 is 6.17 Å². The molecule has 3 aromatic rings. The molecule has 1 aliphatic carbocycles. The summed E-state index contributed by atoms with van der Waals surface area (Å²) < 4.78 is 20.8. The predicted molar refractivity (Wildman–Crippen MR) is 164 cm³/mol. The number of nitrogens with zero attached hydrogens (tertiary/aromatic N) is 8. The normalized spacial score (nSPS) is 24.4. The van der Waals surface area contributed by atoms with Crippen molar-refractivity contribution < 1.29 is 9.13 Å². The zero-order chi connectivity index (χ0) is 29.9. The van der Waals surface area contributed by atoms with E-state index in [1.54, 1.807) is 6.20 Å². The lowest BCUT2D eigenvalue weighted by molar-refractivity contribution is 0.107. The van der Waals surface area contributed by atoms with Crippen LogP contribution < -0.4 is 26.0 Å². The Morgan fingerprint density at radius 1 is 1.28 bits per heavy atom. The average Bonchev–Trinajstić information content (AvgIpc) is 3.69. The molecule has 0 unspecified atom stereocenters. The minimum atomic E-state index is -0.840. The first kappa shape index (κ1) is 28.0. The molecular formula is C30H37FN10OS. The highest BCUT2D eigenvalue weighted by Gasteiger charge is 2.52. The number of rotatable bonds is 8. The number of hydrogen-bond acceptors (Lipinski definition) is 12. The zero-order valence-corrected chi connectivity index (χ0v) is 25.4. The molecule has 4 N–H and O–H groups in total. The van der Waals surface area contributed by atoms with Gasteiger partial charge < -0.3 is 26.0 Å². The predicted octanol–water partition coefficient (Wildman–Crippen LogP) is 3.61. The van der Waals surface area contributed by atoms with Crippen molar-refractivity contribution in [2.45, 2.75) is 69.1 Å². The van der Waals surface area contributed by atoms with Crippen LogP contribution in [0, 0.1) is 11.3 Å². The highest BCUT2D eigenvalue weighted by molar-refractivity contribution is 7.16. The summed E-state index contributed by atoms with van der Waals surface area (Å²) >= 11 is 1.54. The zero-order valence-electron chi connectivity index (χ0n) is 24.6. The van der Waals surface area contributed by atoms with Gasteiger partial charge in [-0.25, -0.2) is 9.37 Å². The maximum Gasteiger partial charge on any atom is 0.323 e. The van der Waals surface area contributed by atoms with Crippen molar-refractivity contribution in [3.8, 4) is 12.1 Å². The molecule has 0 saturated carbocycles. The summed E-state index contributed by atoms with van der Waals surface area (Å²) in [5.41, 5.74) is 14.6. The molecule has 6 heterocycles. The monoisotopic (exact) mass is 604 g/mol. The molecule has 0 radical (unpaired) electrons. The molecule has 3 saturated heterocycles. The van der Waals surface area contributed by atoms with Gasteiger partial charge in [-0.2, -0.15) is 20.2 Å². The van der Waals surface area contributed by atoms with E-state index in [0.717, 1.165) is 43.4 Å². The fourth-order valence-electron chi connectivity index (χ4n) is 7.82. The number of aryl methyl sites for hydroxylation is 1. The molecule has 3 atom stereocenters. The SMILES string of the molecule is CCN(c1nc(OC[C@@]23CCCN2C[C@H](F)C3)nc(N2CC3(CCc4sc(N)c(C#N)c43)C2)n1)[C@H](C)c1cccnc1N. The second-order valence-corrected chi connectivity index (χ2v) is 13.5. The van der Waals surface area contributed by atoms with E-state index in [9.17, 15) is 9.65 Å². The van der Waals surface area contributed by atoms with Gasteiger partial charge in [0.1, 0.15) is 29.7 Å². The Bertz CT molecular complexity index is 1590. The number of fused-ring (bicyclic) bond motifs is 3. The van der Waals surface area contributed by atoms with Crippen LogP contribution in [-0.4, -0.2) is 75.9 Å². The molecule has 3 aliphatic heterocycles. The fourth-order valence-corrected chi connectivity index (χ4v) is 8.96. The van der Waals surface area contributed by atoms with Gasteiger partial charge >= 0.3 is 6.01 Å². The quantitative estimate of drug-likeness (QED) is 0.389. The standard InChI is InChI=1S/C30H37FN10OS/c1-3-41(18(2)20-6-4-10-35-24(20)33)27-36-26(37-28(38-27)42-17-30-8-5-11-40(30)14-19(31)12-30)39-15-29(16-39)9-7-22-23(29)21(13-32)25(34)43-22/h4,6,10,18-19H,3,5,7-9,11-12,14-17,34H2,1-2H3,(H2,33,35)/t18-,19-,30+/m1/s1. The Labute approximate surface area is 254 Å². The van der Waals surface area contributed by atoms with E-state index in [1.165, 1.54) is 16.2 Å². The highest BCUT2D eigenvalue weighted by Crippen LogP contribution is 2.52. The van der Waals surface area contributed by atoms with Crippen LogP contribution in [0.15, 0.2) is 18.3 Å². The molecule has 226 valence electrons. The van der Waals surface area contributed by atoms with Crippen molar-refractivity contribution in [3.05, 3.63) is 39.9 Å². The molecule has 7 rings (SSSR count). The number of hydrogen-bond donors (Lipinski definition) is 2. The molecule has 3 fully saturated rings. The summed E-state index contributed by atoms with van der Waals surface area (Å²) in [5, 5.41) is 10.4. The van der Waals surface area contributed by atoms with Crippen LogP contribution in [0.4, 0.5) is 27.1 Å². The van der Waals surface area contributed by atoms with Crippen molar-refractivity contribution in [1.29, 1.82) is 5.26 Å². The van der Waals surface area contributed by atoms with Gasteiger partial charge in [0.05, 0.1) is 17.1 Å². The first-order valence-electron chi connectivity index (χ1n) is 15.1. The number of alkyl halides is 1. The van der Waals surface area contributed by atoms with Crippen LogP contribution in [0.2, 0.25) is 0 Å². The minimum absolute atomic E-state index is 0.131. The summed E-state index contributed by atoms with van der Waals surface area (Å²) in [5.74, 6) is 1.48. The van der Waals surface area contributed by atoms with Gasteiger partial charge in [0.25, 0.3) is 0 Å². The second-order valence-electron chi connectivity index (χ2n) is 12.4. The van der Waals surface area contributed by atoms with Crippen molar-refractivity contribution in [3.63, 3.8) is 0 Å². The van der Waals surface area contributed by atoms with Crippen LogP contribution in [0.1, 0.15) is 67.1 Å². The van der Waals surface area contributed by atoms with Gasteiger partial charge in [-0.3, -0.25) is 4.90 Å². The average molecular weight is 605 g/mol. The number of pyridine rings is 1. The summed E-state index contributed by atoms with van der Waals surface area (Å²) in [4.78, 5) is 26.4. The number of thiophene rings is 1. The van der Waals surface area contributed by atoms with Gasteiger partial charge in [0, 0.05) is 54.7 Å². The summed E-state index contributed by atoms with van der Waals surface area (Å²) in [7, 11) is 0. The van der Waals surface area contributed by atoms with Gasteiger partial charge in [-0.05, 0) is 57.7 Å². The van der Waals surface area contributed by atoms with E-state index in [4.69, 9.17) is 31.2 Å². The largest absolute Gasteiger partial charge is 0.461 e. The van der Waals surface area contributed by atoms with E-state index in [0.29, 0.717) is 67.5 Å². The molecule has 0 amide bonds. The lowest BCUT2D eigenvalue weighted by Crippen LogP contribution is -2.59. The van der Waals surface area contributed by atoms with Crippen LogP contribution >= 0.6 is 11.3 Å². The van der Waals surface area contributed by atoms with Crippen molar-refractivity contribution in [2.24, 2.45) is 0 Å². The summed E-state index contributed by atoms with van der Waals surface area (Å²) in [6.45, 7) is 7.78. The number of nitrogen functional groups attached to an aromatic ring is 2. The van der Waals surface area contributed by atoms with Gasteiger partial charge in [0.2, 0.25) is 11.9 Å². The minimum Gasteiger partial charge on any atom is -0.461 e. The van der Waals surface area contributed by atoms with Gasteiger partial charge in [-0.1, -0.05) is 6.07 Å². The Kier molecular flexibility index (Phi) is 6.81. The second kappa shape index (κ2) is 10.4. The van der Waals surface area contributed by atoms with Crippen molar-refractivity contribution in [2.75, 3.05) is 60.6 Å². The summed E-state index contributed by atoms with van der Waals surface area (Å²) in [6.07, 6.45) is 5.15. The fraction of sp³-hybridized carbons (Fsp3) is 0.567. The number of nitriles is 1. The van der Waals surface area contributed by atoms with E-state index in [2.05, 4.69) is 32.7 Å². The molecule has 3 aromatic heterocycles. The van der Waals surface area contributed by atoms with Crippen LogP contribution in [0.3, 0.4) is 0 Å². The van der Waals surface area contributed by atoms with Crippen LogP contribution in [-0.2, 0) is 11.8 Å². The lowest BCUT2D eigenvalue weighted by atomic mass is 9.74. The molecule has 11 nitrogen and oxygen atoms in total. The maximum absolute atomic E-state index is 14.4. The number of aromatic nitrogens is 4. The Morgan fingerprint density at radius 3 is 2.88 bits per heavy atom. The van der Waals surface area contributed by atoms with Crippen LogP contribution in [0.25, 0.3) is 0 Å². The smallest absolute Gasteiger partial charge is 0.323 e. The van der Waals surface area contributed by atoms with Gasteiger partial charge in [0.15, 0.2) is 0 Å². The number of ether oxygens (including phenoxy) is 1. The third-order valence-corrected chi connectivity index (χ3v) is 11.0. The van der Waals surface area contributed by atoms with Gasteiger partial charge in [-0.15, -0.1) is 11.3 Å². The Hall–Kier alpha value is -3.76. The Balaban J connectivity index is 1.20. The Morgan fingerprint density at radius 2 is 2.12 bits per heavy atom. The maximum atomic E-state index is 14.4. The first-order chi connectivity index (χ1) is 20.8.